The number of aliphatic carboxylic acids is 1. The molecule has 0 spiro atoms. The highest BCUT2D eigenvalue weighted by Gasteiger charge is 2.41. The number of rotatable bonds is 7. The molecule has 0 bridgehead atoms. The van der Waals surface area contributed by atoms with Gasteiger partial charge in [0.2, 0.25) is 17.7 Å². The van der Waals surface area contributed by atoms with Gasteiger partial charge in [0.25, 0.3) is 0 Å². The molecule has 4 rings (SSSR count). The van der Waals surface area contributed by atoms with Crippen molar-refractivity contribution in [2.75, 3.05) is 19.6 Å². The maximum Gasteiger partial charge on any atom is 0.326 e. The normalized spacial score (nSPS) is 25.8. The average molecular weight is 457 g/mol. The van der Waals surface area contributed by atoms with Crippen LogP contribution in [0.1, 0.15) is 44.1 Å². The molecule has 3 N–H and O–H groups in total. The number of carbonyl (C=O) groups is 4. The first-order chi connectivity index (χ1) is 16.0. The molecule has 3 amide bonds. The quantitative estimate of drug-likeness (QED) is 0.551. The molecule has 0 saturated carbocycles. The van der Waals surface area contributed by atoms with Crippen LogP contribution in [0.15, 0.2) is 30.3 Å². The number of nitrogens with zero attached hydrogens (tertiary/aromatic N) is 2. The van der Waals surface area contributed by atoms with E-state index in [9.17, 15) is 24.3 Å². The minimum atomic E-state index is -1.03. The fraction of sp³-hybridized carbons (Fsp3) is 0.583. The maximum absolute atomic E-state index is 13.4. The lowest BCUT2D eigenvalue weighted by Gasteiger charge is -2.30. The number of likely N-dealkylation sites (tertiary alicyclic amines) is 2. The Morgan fingerprint density at radius 1 is 0.970 bits per heavy atom. The lowest BCUT2D eigenvalue weighted by Crippen LogP contribution is -2.57. The molecule has 3 fully saturated rings. The molecule has 3 aliphatic rings. The third-order valence-corrected chi connectivity index (χ3v) is 6.92. The van der Waals surface area contributed by atoms with Crippen LogP contribution in [0.5, 0.6) is 0 Å². The summed E-state index contributed by atoms with van der Waals surface area (Å²) in [4.78, 5) is 54.3. The van der Waals surface area contributed by atoms with Crippen LogP contribution in [0, 0.1) is 0 Å². The van der Waals surface area contributed by atoms with Crippen LogP contribution >= 0.6 is 0 Å². The summed E-state index contributed by atoms with van der Waals surface area (Å²) in [6.45, 7) is 1.69. The van der Waals surface area contributed by atoms with E-state index < -0.39 is 24.1 Å². The highest BCUT2D eigenvalue weighted by Crippen LogP contribution is 2.23. The van der Waals surface area contributed by atoms with Gasteiger partial charge in [0.05, 0.1) is 6.04 Å². The third kappa shape index (κ3) is 5.19. The number of carboxylic acids is 1. The van der Waals surface area contributed by atoms with Crippen LogP contribution in [0.2, 0.25) is 0 Å². The molecule has 0 aliphatic carbocycles. The summed E-state index contributed by atoms with van der Waals surface area (Å²) in [6.07, 6.45) is 4.29. The van der Waals surface area contributed by atoms with Gasteiger partial charge in [-0.15, -0.1) is 0 Å². The van der Waals surface area contributed by atoms with Crippen molar-refractivity contribution >= 4 is 23.7 Å². The predicted octanol–water partition coefficient (Wildman–Crippen LogP) is 0.533. The van der Waals surface area contributed by atoms with Gasteiger partial charge in [0.15, 0.2) is 0 Å². The zero-order valence-corrected chi connectivity index (χ0v) is 18.7. The lowest BCUT2D eigenvalue weighted by molar-refractivity contribution is -0.149. The first kappa shape index (κ1) is 23.2. The van der Waals surface area contributed by atoms with Crippen molar-refractivity contribution in [1.82, 2.24) is 20.4 Å². The van der Waals surface area contributed by atoms with E-state index in [0.717, 1.165) is 31.4 Å². The molecule has 1 aromatic rings. The highest BCUT2D eigenvalue weighted by atomic mass is 16.4. The van der Waals surface area contributed by atoms with Crippen molar-refractivity contribution in [3.8, 4) is 0 Å². The molecule has 178 valence electrons. The van der Waals surface area contributed by atoms with Crippen LogP contribution < -0.4 is 10.6 Å². The Hall–Kier alpha value is -2.94. The number of amides is 3. The highest BCUT2D eigenvalue weighted by molar-refractivity contribution is 5.94. The van der Waals surface area contributed by atoms with Crippen LogP contribution in [-0.2, 0) is 25.6 Å². The zero-order chi connectivity index (χ0) is 23.4. The van der Waals surface area contributed by atoms with Gasteiger partial charge in [-0.3, -0.25) is 14.4 Å². The van der Waals surface area contributed by atoms with Crippen molar-refractivity contribution in [2.24, 2.45) is 0 Å². The van der Waals surface area contributed by atoms with Crippen LogP contribution in [0.4, 0.5) is 0 Å². The average Bonchev–Trinajstić information content (AvgIpc) is 3.59. The van der Waals surface area contributed by atoms with E-state index in [-0.39, 0.29) is 30.2 Å². The van der Waals surface area contributed by atoms with Crippen molar-refractivity contribution in [1.29, 1.82) is 0 Å². The van der Waals surface area contributed by atoms with E-state index in [4.69, 9.17) is 0 Å². The van der Waals surface area contributed by atoms with Crippen molar-refractivity contribution in [3.63, 3.8) is 0 Å². The summed E-state index contributed by atoms with van der Waals surface area (Å²) in [5.41, 5.74) is 0.872. The third-order valence-electron chi connectivity index (χ3n) is 6.92. The molecule has 4 atom stereocenters. The summed E-state index contributed by atoms with van der Waals surface area (Å²) in [6, 6.07) is 6.73. The Morgan fingerprint density at radius 3 is 2.33 bits per heavy atom. The summed E-state index contributed by atoms with van der Waals surface area (Å²) in [5, 5.41) is 15.6. The summed E-state index contributed by atoms with van der Waals surface area (Å²) in [5.74, 6) is -1.81. The van der Waals surface area contributed by atoms with Crippen LogP contribution in [0.3, 0.4) is 0 Å². The molecule has 3 aliphatic heterocycles. The molecule has 3 heterocycles. The van der Waals surface area contributed by atoms with Gasteiger partial charge in [0, 0.05) is 19.5 Å². The Morgan fingerprint density at radius 2 is 1.67 bits per heavy atom. The first-order valence-corrected chi connectivity index (χ1v) is 11.9. The first-order valence-electron chi connectivity index (χ1n) is 11.9. The number of hydrogen-bond donors (Lipinski definition) is 3. The molecule has 33 heavy (non-hydrogen) atoms. The Labute approximate surface area is 193 Å². The fourth-order valence-electron chi connectivity index (χ4n) is 5.20. The van der Waals surface area contributed by atoms with E-state index in [1.165, 1.54) is 4.90 Å². The number of carboxylic acid groups (broad SMARTS) is 1. The zero-order valence-electron chi connectivity index (χ0n) is 18.7. The molecule has 4 unspecified atom stereocenters. The Bertz CT molecular complexity index is 886. The lowest BCUT2D eigenvalue weighted by atomic mass is 10.0. The molecule has 1 aromatic carbocycles. The van der Waals surface area contributed by atoms with E-state index >= 15 is 0 Å². The van der Waals surface area contributed by atoms with E-state index in [1.807, 2.05) is 30.3 Å². The predicted molar refractivity (Wildman–Crippen MR) is 120 cm³/mol. The number of hydrogen-bond acceptors (Lipinski definition) is 5. The molecular weight excluding hydrogens is 424 g/mol. The molecule has 0 radical (unpaired) electrons. The molecular formula is C24H32N4O5. The summed E-state index contributed by atoms with van der Waals surface area (Å²) < 4.78 is 0. The standard InChI is InChI=1S/C24H32N4O5/c29-21(19-10-5-13-27(19)22(30)17-9-4-12-25-17)26-18(15-16-7-2-1-3-8-16)23(31)28-14-6-11-20(28)24(32)33/h1-3,7-8,17-20,25H,4-6,9-15H2,(H,26,29)(H,32,33). The summed E-state index contributed by atoms with van der Waals surface area (Å²) >= 11 is 0. The van der Waals surface area contributed by atoms with E-state index in [1.54, 1.807) is 4.90 Å². The SMILES string of the molecule is O=C(O)C1CCCN1C(=O)C(Cc1ccccc1)NC(=O)C1CCCN1C(=O)C1CCCN1. The second-order valence-electron chi connectivity index (χ2n) is 9.12. The van der Waals surface area contributed by atoms with Gasteiger partial charge in [0.1, 0.15) is 18.1 Å². The van der Waals surface area contributed by atoms with Crippen LogP contribution in [0.25, 0.3) is 0 Å². The molecule has 9 nitrogen and oxygen atoms in total. The number of carbonyl (C=O) groups excluding carboxylic acids is 3. The van der Waals surface area contributed by atoms with Gasteiger partial charge < -0.3 is 25.5 Å². The van der Waals surface area contributed by atoms with Crippen LogP contribution in [-0.4, -0.2) is 82.4 Å². The molecule has 9 heteroatoms. The maximum atomic E-state index is 13.4. The van der Waals surface area contributed by atoms with Crippen molar-refractivity contribution in [2.45, 2.75) is 69.1 Å². The Kier molecular flexibility index (Phi) is 7.27. The Balaban J connectivity index is 1.50. The van der Waals surface area contributed by atoms with Gasteiger partial charge in [-0.1, -0.05) is 30.3 Å². The van der Waals surface area contributed by atoms with E-state index in [2.05, 4.69) is 10.6 Å². The summed E-state index contributed by atoms with van der Waals surface area (Å²) in [7, 11) is 0. The largest absolute Gasteiger partial charge is 0.480 e. The van der Waals surface area contributed by atoms with Gasteiger partial charge >= 0.3 is 5.97 Å². The monoisotopic (exact) mass is 456 g/mol. The molecule has 0 aromatic heterocycles. The fourth-order valence-corrected chi connectivity index (χ4v) is 5.20. The van der Waals surface area contributed by atoms with E-state index in [0.29, 0.717) is 32.4 Å². The van der Waals surface area contributed by atoms with Gasteiger partial charge in [-0.2, -0.15) is 0 Å². The van der Waals surface area contributed by atoms with Gasteiger partial charge in [-0.25, -0.2) is 4.79 Å². The number of benzene rings is 1. The van der Waals surface area contributed by atoms with Crippen molar-refractivity contribution in [3.05, 3.63) is 35.9 Å². The molecule has 3 saturated heterocycles. The van der Waals surface area contributed by atoms with Gasteiger partial charge in [-0.05, 0) is 50.6 Å². The topological polar surface area (TPSA) is 119 Å². The number of nitrogens with one attached hydrogen (secondary N) is 2. The second kappa shape index (κ2) is 10.3. The minimum Gasteiger partial charge on any atom is -0.480 e. The van der Waals surface area contributed by atoms with Crippen molar-refractivity contribution < 1.29 is 24.3 Å². The smallest absolute Gasteiger partial charge is 0.326 e. The minimum absolute atomic E-state index is 0.0541. The second-order valence-corrected chi connectivity index (χ2v) is 9.12.